The third kappa shape index (κ3) is 2.27. The molecule has 1 unspecified atom stereocenters. The molecule has 0 aromatic heterocycles. The zero-order valence-corrected chi connectivity index (χ0v) is 9.84. The number of urea groups is 1. The molecular weight excluding hydrogens is 239 g/mol. The molecule has 18 heavy (non-hydrogen) atoms. The van der Waals surface area contributed by atoms with Gasteiger partial charge in [0, 0.05) is 19.3 Å². The predicted octanol–water partition coefficient (Wildman–Crippen LogP) is 1.54. The van der Waals surface area contributed by atoms with Crippen molar-refractivity contribution in [3.8, 4) is 0 Å². The molecule has 1 aromatic carbocycles. The molecule has 1 fully saturated rings. The van der Waals surface area contributed by atoms with E-state index in [9.17, 15) is 14.0 Å². The van der Waals surface area contributed by atoms with Crippen molar-refractivity contribution in [1.29, 1.82) is 0 Å². The van der Waals surface area contributed by atoms with Gasteiger partial charge in [0.2, 0.25) is 0 Å². The minimum atomic E-state index is -0.958. The van der Waals surface area contributed by atoms with Gasteiger partial charge in [-0.25, -0.2) is 9.18 Å². The summed E-state index contributed by atoms with van der Waals surface area (Å²) >= 11 is 0. The van der Waals surface area contributed by atoms with Crippen molar-refractivity contribution in [3.63, 3.8) is 0 Å². The number of rotatable bonds is 3. The number of hydrogen-bond donors (Lipinski definition) is 1. The minimum absolute atomic E-state index is 0.117. The molecule has 1 N–H and O–H groups in total. The Morgan fingerprint density at radius 2 is 2.28 bits per heavy atom. The van der Waals surface area contributed by atoms with Gasteiger partial charge in [0.05, 0.1) is 12.5 Å². The minimum Gasteiger partial charge on any atom is -0.481 e. The summed E-state index contributed by atoms with van der Waals surface area (Å²) in [6.07, 6.45) is -0.117. The normalized spacial score (nSPS) is 19.4. The molecule has 96 valence electrons. The van der Waals surface area contributed by atoms with Crippen LogP contribution in [0.5, 0.6) is 0 Å². The van der Waals surface area contributed by atoms with Crippen LogP contribution in [0.25, 0.3) is 0 Å². The van der Waals surface area contributed by atoms with E-state index in [1.807, 2.05) is 0 Å². The first kappa shape index (κ1) is 12.3. The molecule has 1 saturated heterocycles. The van der Waals surface area contributed by atoms with Crippen molar-refractivity contribution in [2.75, 3.05) is 18.5 Å². The Hall–Kier alpha value is -2.11. The first-order valence-corrected chi connectivity index (χ1v) is 5.50. The summed E-state index contributed by atoms with van der Waals surface area (Å²) < 4.78 is 13.1. The number of carboxylic acid groups (broad SMARTS) is 1. The number of amides is 2. The van der Waals surface area contributed by atoms with Crippen LogP contribution in [0.2, 0.25) is 0 Å². The molecule has 0 radical (unpaired) electrons. The van der Waals surface area contributed by atoms with Crippen LogP contribution in [0, 0.1) is 5.82 Å². The maximum atomic E-state index is 13.1. The summed E-state index contributed by atoms with van der Waals surface area (Å²) in [6.45, 7) is 0.255. The molecule has 1 aliphatic rings. The van der Waals surface area contributed by atoms with Gasteiger partial charge in [-0.05, 0) is 18.2 Å². The largest absolute Gasteiger partial charge is 0.481 e. The molecule has 1 atom stereocenters. The van der Waals surface area contributed by atoms with Crippen LogP contribution in [0.15, 0.2) is 24.3 Å². The molecule has 0 aliphatic carbocycles. The van der Waals surface area contributed by atoms with E-state index in [2.05, 4.69) is 0 Å². The lowest BCUT2D eigenvalue weighted by Crippen LogP contribution is -2.32. The highest BCUT2D eigenvalue weighted by Gasteiger charge is 2.36. The van der Waals surface area contributed by atoms with Gasteiger partial charge in [-0.3, -0.25) is 9.69 Å². The molecule has 1 aliphatic heterocycles. The lowest BCUT2D eigenvalue weighted by atomic mass is 10.2. The summed E-state index contributed by atoms with van der Waals surface area (Å²) in [4.78, 5) is 25.4. The van der Waals surface area contributed by atoms with Gasteiger partial charge < -0.3 is 10.0 Å². The molecule has 2 rings (SSSR count). The molecule has 2 amide bonds. The van der Waals surface area contributed by atoms with Gasteiger partial charge in [0.1, 0.15) is 5.82 Å². The Morgan fingerprint density at radius 3 is 2.89 bits per heavy atom. The van der Waals surface area contributed by atoms with Crippen molar-refractivity contribution in [2.24, 2.45) is 0 Å². The molecule has 1 heterocycles. The van der Waals surface area contributed by atoms with Gasteiger partial charge in [-0.15, -0.1) is 0 Å². The van der Waals surface area contributed by atoms with E-state index in [1.54, 1.807) is 13.1 Å². The van der Waals surface area contributed by atoms with Gasteiger partial charge >= 0.3 is 12.0 Å². The molecule has 0 bridgehead atoms. The number of carboxylic acids is 1. The summed E-state index contributed by atoms with van der Waals surface area (Å²) in [5, 5.41) is 8.76. The van der Waals surface area contributed by atoms with Crippen LogP contribution in [-0.4, -0.2) is 41.6 Å². The lowest BCUT2D eigenvalue weighted by molar-refractivity contribution is -0.137. The Kier molecular flexibility index (Phi) is 3.18. The van der Waals surface area contributed by atoms with E-state index in [0.29, 0.717) is 5.69 Å². The topological polar surface area (TPSA) is 60.9 Å². The SMILES string of the molecule is CN1C(=O)N(c2cccc(F)c2)CC1CC(=O)O. The third-order valence-electron chi connectivity index (χ3n) is 3.00. The van der Waals surface area contributed by atoms with Crippen molar-refractivity contribution in [3.05, 3.63) is 30.1 Å². The van der Waals surface area contributed by atoms with E-state index in [-0.39, 0.29) is 19.0 Å². The van der Waals surface area contributed by atoms with E-state index >= 15 is 0 Å². The van der Waals surface area contributed by atoms with Crippen LogP contribution in [0.3, 0.4) is 0 Å². The zero-order valence-electron chi connectivity index (χ0n) is 9.84. The van der Waals surface area contributed by atoms with E-state index < -0.39 is 17.8 Å². The van der Waals surface area contributed by atoms with Gasteiger partial charge in [0.15, 0.2) is 0 Å². The molecular formula is C12H13FN2O3. The third-order valence-corrected chi connectivity index (χ3v) is 3.00. The number of halogens is 1. The summed E-state index contributed by atoms with van der Waals surface area (Å²) in [6, 6.07) is 4.99. The fourth-order valence-electron chi connectivity index (χ4n) is 2.02. The Bertz CT molecular complexity index is 492. The maximum Gasteiger partial charge on any atom is 0.324 e. The monoisotopic (exact) mass is 252 g/mol. The lowest BCUT2D eigenvalue weighted by Gasteiger charge is -2.16. The number of benzene rings is 1. The summed E-state index contributed by atoms with van der Waals surface area (Å²) in [5.41, 5.74) is 0.444. The molecule has 5 nitrogen and oxygen atoms in total. The fourth-order valence-corrected chi connectivity index (χ4v) is 2.02. The number of hydrogen-bond acceptors (Lipinski definition) is 2. The number of nitrogens with zero attached hydrogens (tertiary/aromatic N) is 2. The quantitative estimate of drug-likeness (QED) is 0.887. The van der Waals surface area contributed by atoms with E-state index in [4.69, 9.17) is 5.11 Å². The molecule has 0 saturated carbocycles. The van der Waals surface area contributed by atoms with Crippen molar-refractivity contribution >= 4 is 17.7 Å². The molecule has 0 spiro atoms. The standard InChI is InChI=1S/C12H13FN2O3/c1-14-10(6-11(16)17)7-15(12(14)18)9-4-2-3-8(13)5-9/h2-5,10H,6-7H2,1H3,(H,16,17). The molecule has 1 aromatic rings. The summed E-state index contributed by atoms with van der Waals surface area (Å²) in [7, 11) is 1.55. The second kappa shape index (κ2) is 4.64. The number of carbonyl (C=O) groups excluding carboxylic acids is 1. The van der Waals surface area contributed by atoms with Crippen molar-refractivity contribution < 1.29 is 19.1 Å². The number of anilines is 1. The smallest absolute Gasteiger partial charge is 0.324 e. The highest BCUT2D eigenvalue weighted by atomic mass is 19.1. The number of likely N-dealkylation sites (N-methyl/N-ethyl adjacent to an activating group) is 1. The van der Waals surface area contributed by atoms with Gasteiger partial charge in [-0.2, -0.15) is 0 Å². The number of aliphatic carboxylic acids is 1. The van der Waals surface area contributed by atoms with Gasteiger partial charge in [0.25, 0.3) is 0 Å². The summed E-state index contributed by atoms with van der Waals surface area (Å²) in [5.74, 6) is -1.38. The molecule has 6 heteroatoms. The van der Waals surface area contributed by atoms with Crippen LogP contribution in [-0.2, 0) is 4.79 Å². The van der Waals surface area contributed by atoms with Gasteiger partial charge in [-0.1, -0.05) is 6.07 Å². The second-order valence-corrected chi connectivity index (χ2v) is 4.24. The first-order valence-electron chi connectivity index (χ1n) is 5.50. The van der Waals surface area contributed by atoms with Crippen LogP contribution in [0.4, 0.5) is 14.9 Å². The predicted molar refractivity (Wildman–Crippen MR) is 62.9 cm³/mol. The highest BCUT2D eigenvalue weighted by molar-refractivity contribution is 5.94. The second-order valence-electron chi connectivity index (χ2n) is 4.24. The maximum absolute atomic E-state index is 13.1. The Balaban J connectivity index is 2.21. The highest BCUT2D eigenvalue weighted by Crippen LogP contribution is 2.24. The average Bonchev–Trinajstić information content (AvgIpc) is 2.57. The van der Waals surface area contributed by atoms with Crippen LogP contribution < -0.4 is 4.90 Å². The van der Waals surface area contributed by atoms with Crippen molar-refractivity contribution in [1.82, 2.24) is 4.90 Å². The van der Waals surface area contributed by atoms with Crippen LogP contribution in [0.1, 0.15) is 6.42 Å². The van der Waals surface area contributed by atoms with Crippen LogP contribution >= 0.6 is 0 Å². The Morgan fingerprint density at radius 1 is 1.56 bits per heavy atom. The average molecular weight is 252 g/mol. The Labute approximate surface area is 103 Å². The fraction of sp³-hybridized carbons (Fsp3) is 0.333. The first-order chi connectivity index (χ1) is 8.49. The van der Waals surface area contributed by atoms with E-state index in [0.717, 1.165) is 0 Å². The number of carbonyl (C=O) groups is 2. The van der Waals surface area contributed by atoms with E-state index in [1.165, 1.54) is 28.0 Å². The van der Waals surface area contributed by atoms with Crippen molar-refractivity contribution in [2.45, 2.75) is 12.5 Å². The zero-order chi connectivity index (χ0) is 13.3.